The second kappa shape index (κ2) is 7.32. The van der Waals surface area contributed by atoms with Gasteiger partial charge in [0.25, 0.3) is 0 Å². The molecule has 4 nitrogen and oxygen atoms in total. The SMILES string of the molecule is O=C(NCC1CCC(F)(F)CC1)N1CCC([C@H]2CCCO2)CC1. The number of piperidine rings is 1. The van der Waals surface area contributed by atoms with Gasteiger partial charge in [-0.1, -0.05) is 0 Å². The molecule has 0 radical (unpaired) electrons. The largest absolute Gasteiger partial charge is 0.378 e. The normalized spacial score (nSPS) is 29.7. The second-order valence-electron chi connectivity index (χ2n) is 7.36. The first kappa shape index (κ1) is 16.9. The summed E-state index contributed by atoms with van der Waals surface area (Å²) < 4.78 is 32.0. The molecule has 3 aliphatic rings. The topological polar surface area (TPSA) is 41.6 Å². The summed E-state index contributed by atoms with van der Waals surface area (Å²) in [5.74, 6) is -1.71. The molecular weight excluding hydrogens is 302 g/mol. The van der Waals surface area contributed by atoms with Crippen LogP contribution in [0.4, 0.5) is 13.6 Å². The van der Waals surface area contributed by atoms with Gasteiger partial charge >= 0.3 is 6.03 Å². The van der Waals surface area contributed by atoms with Crippen molar-refractivity contribution in [1.82, 2.24) is 10.2 Å². The number of ether oxygens (including phenoxy) is 1. The Kier molecular flexibility index (Phi) is 5.39. The second-order valence-corrected chi connectivity index (χ2v) is 7.36. The number of halogens is 2. The van der Waals surface area contributed by atoms with Crippen molar-refractivity contribution in [3.8, 4) is 0 Å². The van der Waals surface area contributed by atoms with E-state index in [9.17, 15) is 13.6 Å². The summed E-state index contributed by atoms with van der Waals surface area (Å²) >= 11 is 0. The van der Waals surface area contributed by atoms with Gasteiger partial charge in [0.15, 0.2) is 0 Å². The maximum atomic E-state index is 13.1. The molecule has 0 aromatic heterocycles. The number of hydrogen-bond acceptors (Lipinski definition) is 2. The predicted octanol–water partition coefficient (Wildman–Crippen LogP) is 3.41. The van der Waals surface area contributed by atoms with Crippen molar-refractivity contribution in [3.05, 3.63) is 0 Å². The molecule has 0 aromatic carbocycles. The fourth-order valence-electron chi connectivity index (χ4n) is 4.10. The van der Waals surface area contributed by atoms with Crippen LogP contribution in [0.15, 0.2) is 0 Å². The van der Waals surface area contributed by atoms with Crippen molar-refractivity contribution in [2.75, 3.05) is 26.2 Å². The zero-order valence-electron chi connectivity index (χ0n) is 13.7. The molecule has 1 N–H and O–H groups in total. The first-order valence-electron chi connectivity index (χ1n) is 9.06. The summed E-state index contributed by atoms with van der Waals surface area (Å²) in [6.07, 6.45) is 5.66. The monoisotopic (exact) mass is 330 g/mol. The molecule has 0 unspecified atom stereocenters. The van der Waals surface area contributed by atoms with Crippen LogP contribution in [0.2, 0.25) is 0 Å². The van der Waals surface area contributed by atoms with Crippen LogP contribution in [0, 0.1) is 11.8 Å². The molecule has 6 heteroatoms. The van der Waals surface area contributed by atoms with Crippen LogP contribution >= 0.6 is 0 Å². The van der Waals surface area contributed by atoms with E-state index in [1.807, 2.05) is 4.90 Å². The van der Waals surface area contributed by atoms with E-state index in [-0.39, 0.29) is 24.8 Å². The van der Waals surface area contributed by atoms with Gasteiger partial charge in [0.05, 0.1) is 6.10 Å². The van der Waals surface area contributed by atoms with Gasteiger partial charge < -0.3 is 15.0 Å². The van der Waals surface area contributed by atoms with Crippen molar-refractivity contribution in [2.45, 2.75) is 63.4 Å². The minimum atomic E-state index is -2.50. The number of carbonyl (C=O) groups excluding carboxylic acids is 1. The number of amides is 2. The van der Waals surface area contributed by atoms with Crippen molar-refractivity contribution in [1.29, 1.82) is 0 Å². The molecule has 2 saturated heterocycles. The quantitative estimate of drug-likeness (QED) is 0.861. The Morgan fingerprint density at radius 2 is 1.83 bits per heavy atom. The van der Waals surface area contributed by atoms with E-state index >= 15 is 0 Å². The molecule has 0 bridgehead atoms. The van der Waals surface area contributed by atoms with Crippen molar-refractivity contribution in [2.24, 2.45) is 11.8 Å². The zero-order chi connectivity index (χ0) is 16.3. The average molecular weight is 330 g/mol. The fourth-order valence-corrected chi connectivity index (χ4v) is 4.10. The molecule has 2 heterocycles. The van der Waals surface area contributed by atoms with Crippen molar-refractivity contribution < 1.29 is 18.3 Å². The number of nitrogens with one attached hydrogen (secondary N) is 1. The maximum absolute atomic E-state index is 13.1. The molecule has 0 spiro atoms. The van der Waals surface area contributed by atoms with E-state index in [4.69, 9.17) is 4.74 Å². The van der Waals surface area contributed by atoms with Crippen molar-refractivity contribution in [3.63, 3.8) is 0 Å². The lowest BCUT2D eigenvalue weighted by molar-refractivity contribution is -0.0452. The molecule has 0 aromatic rings. The summed E-state index contributed by atoms with van der Waals surface area (Å²) in [6, 6.07) is -0.0341. The van der Waals surface area contributed by atoms with E-state index in [0.717, 1.165) is 45.4 Å². The van der Waals surface area contributed by atoms with Gasteiger partial charge in [-0.05, 0) is 50.4 Å². The van der Waals surface area contributed by atoms with Crippen LogP contribution in [0.5, 0.6) is 0 Å². The minimum absolute atomic E-state index is 0.0341. The first-order chi connectivity index (χ1) is 11.0. The fraction of sp³-hybridized carbons (Fsp3) is 0.941. The maximum Gasteiger partial charge on any atom is 0.317 e. The van der Waals surface area contributed by atoms with Crippen LogP contribution in [-0.2, 0) is 4.74 Å². The standard InChI is InChI=1S/C17H28F2N2O2/c18-17(19)7-3-13(4-8-17)12-20-16(22)21-9-5-14(6-10-21)15-2-1-11-23-15/h13-15H,1-12H2,(H,20,22)/t15-/m1/s1. The number of likely N-dealkylation sites (tertiary alicyclic amines) is 1. The first-order valence-corrected chi connectivity index (χ1v) is 9.06. The van der Waals surface area contributed by atoms with E-state index in [1.54, 1.807) is 0 Å². The highest BCUT2D eigenvalue weighted by molar-refractivity contribution is 5.74. The number of rotatable bonds is 3. The summed E-state index contributed by atoms with van der Waals surface area (Å²) in [4.78, 5) is 14.1. The van der Waals surface area contributed by atoms with Gasteiger partial charge in [-0.3, -0.25) is 0 Å². The molecule has 1 saturated carbocycles. The average Bonchev–Trinajstić information content (AvgIpc) is 3.08. The van der Waals surface area contributed by atoms with Crippen LogP contribution < -0.4 is 5.32 Å². The summed E-state index contributed by atoms with van der Waals surface area (Å²) in [6.45, 7) is 2.96. The van der Waals surface area contributed by atoms with Gasteiger partial charge in [-0.15, -0.1) is 0 Å². The highest BCUT2D eigenvalue weighted by Gasteiger charge is 2.35. The molecule has 23 heavy (non-hydrogen) atoms. The highest BCUT2D eigenvalue weighted by atomic mass is 19.3. The molecule has 132 valence electrons. The van der Waals surface area contributed by atoms with Gasteiger partial charge in [0.1, 0.15) is 0 Å². The van der Waals surface area contributed by atoms with E-state index in [0.29, 0.717) is 31.4 Å². The Labute approximate surface area is 136 Å². The van der Waals surface area contributed by atoms with Crippen molar-refractivity contribution >= 4 is 6.03 Å². The van der Waals surface area contributed by atoms with Gasteiger partial charge in [-0.25, -0.2) is 13.6 Å². The van der Waals surface area contributed by atoms with Gasteiger partial charge in [-0.2, -0.15) is 0 Å². The highest BCUT2D eigenvalue weighted by Crippen LogP contribution is 2.35. The third-order valence-corrected chi connectivity index (χ3v) is 5.70. The summed E-state index contributed by atoms with van der Waals surface area (Å²) in [5, 5.41) is 2.94. The lowest BCUT2D eigenvalue weighted by Gasteiger charge is -2.35. The number of hydrogen-bond donors (Lipinski definition) is 1. The van der Waals surface area contributed by atoms with Crippen LogP contribution in [-0.4, -0.2) is 49.2 Å². The summed E-state index contributed by atoms with van der Waals surface area (Å²) in [7, 11) is 0. The number of alkyl halides is 2. The smallest absolute Gasteiger partial charge is 0.317 e. The zero-order valence-corrected chi connectivity index (χ0v) is 13.7. The Balaban J connectivity index is 1.35. The minimum Gasteiger partial charge on any atom is -0.378 e. The van der Waals surface area contributed by atoms with Crippen LogP contribution in [0.25, 0.3) is 0 Å². The molecule has 3 fully saturated rings. The van der Waals surface area contributed by atoms with Crippen LogP contribution in [0.3, 0.4) is 0 Å². The Morgan fingerprint density at radius 3 is 2.43 bits per heavy atom. The predicted molar refractivity (Wildman–Crippen MR) is 83.6 cm³/mol. The number of nitrogens with zero attached hydrogens (tertiary/aromatic N) is 1. The van der Waals surface area contributed by atoms with E-state index < -0.39 is 5.92 Å². The van der Waals surface area contributed by atoms with E-state index in [1.165, 1.54) is 0 Å². The van der Waals surface area contributed by atoms with Gasteiger partial charge in [0.2, 0.25) is 5.92 Å². The lowest BCUT2D eigenvalue weighted by atomic mass is 9.87. The molecule has 3 rings (SSSR count). The lowest BCUT2D eigenvalue weighted by Crippen LogP contribution is -2.47. The molecule has 1 aliphatic carbocycles. The Hall–Kier alpha value is -0.910. The Morgan fingerprint density at radius 1 is 1.13 bits per heavy atom. The van der Waals surface area contributed by atoms with Gasteiger partial charge in [0, 0.05) is 39.1 Å². The third kappa shape index (κ3) is 4.55. The Bertz CT molecular complexity index is 395. The molecule has 2 amide bonds. The van der Waals surface area contributed by atoms with E-state index in [2.05, 4.69) is 5.32 Å². The number of carbonyl (C=O) groups is 1. The van der Waals surface area contributed by atoms with Crippen LogP contribution in [0.1, 0.15) is 51.4 Å². The molecule has 2 aliphatic heterocycles. The third-order valence-electron chi connectivity index (χ3n) is 5.70. The molecule has 1 atom stereocenters. The number of urea groups is 1. The molecular formula is C17H28F2N2O2. The summed E-state index contributed by atoms with van der Waals surface area (Å²) in [5.41, 5.74) is 0.